The highest BCUT2D eigenvalue weighted by atomic mass is 16.5. The maximum Gasteiger partial charge on any atom is 0.338 e. The molecule has 2 nitrogen and oxygen atoms in total. The van der Waals surface area contributed by atoms with Gasteiger partial charge in [-0.3, -0.25) is 0 Å². The molecule has 0 fully saturated rings. The molecular weight excluding hydrogens is 224 g/mol. The molecule has 92 valence electrons. The summed E-state index contributed by atoms with van der Waals surface area (Å²) in [6.07, 6.45) is 8.15. The largest absolute Gasteiger partial charge is 0.423 e. The maximum atomic E-state index is 11.7. The van der Waals surface area contributed by atoms with E-state index in [-0.39, 0.29) is 11.9 Å². The minimum absolute atomic E-state index is 0.179. The number of benzene rings is 1. The van der Waals surface area contributed by atoms with Crippen molar-refractivity contribution in [3.63, 3.8) is 0 Å². The summed E-state index contributed by atoms with van der Waals surface area (Å²) in [6.45, 7) is 7.19. The van der Waals surface area contributed by atoms with Gasteiger partial charge in [-0.15, -0.1) is 0 Å². The first-order valence-electron chi connectivity index (χ1n) is 5.92. The molecule has 0 N–H and O–H groups in total. The van der Waals surface area contributed by atoms with Gasteiger partial charge in [0.25, 0.3) is 0 Å². The molecule has 2 heteroatoms. The maximum absolute atomic E-state index is 11.7. The van der Waals surface area contributed by atoms with Crippen molar-refractivity contribution in [3.8, 4) is 5.75 Å². The summed E-state index contributed by atoms with van der Waals surface area (Å²) < 4.78 is 5.44. The van der Waals surface area contributed by atoms with Crippen LogP contribution in [0.1, 0.15) is 24.0 Å². The summed E-state index contributed by atoms with van der Waals surface area (Å²) in [4.78, 5) is 11.7. The van der Waals surface area contributed by atoms with Crippen LogP contribution >= 0.6 is 0 Å². The van der Waals surface area contributed by atoms with E-state index in [9.17, 15) is 4.79 Å². The van der Waals surface area contributed by atoms with Gasteiger partial charge in [0, 0.05) is 17.1 Å². The lowest BCUT2D eigenvalue weighted by atomic mass is 9.97. The fraction of sp³-hybridized carbons (Fsp3) is 0.188. The highest BCUT2D eigenvalue weighted by Gasteiger charge is 2.17. The van der Waals surface area contributed by atoms with Gasteiger partial charge in [-0.1, -0.05) is 49.1 Å². The molecule has 0 saturated heterocycles. The number of ether oxygens (including phenoxy) is 1. The van der Waals surface area contributed by atoms with Crippen molar-refractivity contribution in [3.05, 3.63) is 65.8 Å². The van der Waals surface area contributed by atoms with E-state index >= 15 is 0 Å². The molecule has 0 atom stereocenters. The predicted molar refractivity (Wildman–Crippen MR) is 72.6 cm³/mol. The highest BCUT2D eigenvalue weighted by Crippen LogP contribution is 2.33. The molecule has 0 spiro atoms. The zero-order valence-corrected chi connectivity index (χ0v) is 10.6. The molecule has 0 heterocycles. The number of allylic oxidation sites excluding steroid dienone is 4. The minimum atomic E-state index is -0.378. The van der Waals surface area contributed by atoms with E-state index in [1.54, 1.807) is 6.92 Å². The molecule has 0 aliphatic heterocycles. The minimum Gasteiger partial charge on any atom is -0.423 e. The predicted octanol–water partition coefficient (Wildman–Crippen LogP) is 3.69. The van der Waals surface area contributed by atoms with Crippen LogP contribution in [0.4, 0.5) is 0 Å². The van der Waals surface area contributed by atoms with Crippen molar-refractivity contribution >= 4 is 5.97 Å². The van der Waals surface area contributed by atoms with Crippen LogP contribution in [0.5, 0.6) is 5.75 Å². The van der Waals surface area contributed by atoms with Crippen LogP contribution in [0.3, 0.4) is 0 Å². The second-order valence-corrected chi connectivity index (χ2v) is 4.46. The van der Waals surface area contributed by atoms with Crippen LogP contribution in [-0.4, -0.2) is 5.97 Å². The van der Waals surface area contributed by atoms with Gasteiger partial charge in [0.15, 0.2) is 0 Å². The van der Waals surface area contributed by atoms with E-state index in [1.165, 1.54) is 0 Å². The SMILES string of the molecule is C=C(C)C(=O)Oc1c(C)cccc1C1C=CC=C1. The third-order valence-corrected chi connectivity index (χ3v) is 2.89. The molecule has 0 aromatic heterocycles. The molecule has 0 bridgehead atoms. The number of esters is 1. The van der Waals surface area contributed by atoms with Gasteiger partial charge in [0.05, 0.1) is 0 Å². The number of aryl methyl sites for hydroxylation is 1. The third kappa shape index (κ3) is 2.43. The number of para-hydroxylation sites is 1. The molecule has 0 unspecified atom stereocenters. The van der Waals surface area contributed by atoms with Crippen molar-refractivity contribution in [2.24, 2.45) is 0 Å². The number of carbonyl (C=O) groups is 1. The summed E-state index contributed by atoms with van der Waals surface area (Å²) in [5.74, 6) is 0.445. The molecule has 1 aromatic rings. The van der Waals surface area contributed by atoms with Crippen LogP contribution < -0.4 is 4.74 Å². The van der Waals surface area contributed by atoms with Crippen molar-refractivity contribution in [1.82, 2.24) is 0 Å². The van der Waals surface area contributed by atoms with Gasteiger partial charge >= 0.3 is 5.97 Å². The molecule has 1 aliphatic carbocycles. The monoisotopic (exact) mass is 240 g/mol. The first-order chi connectivity index (χ1) is 8.59. The summed E-state index contributed by atoms with van der Waals surface area (Å²) >= 11 is 0. The molecule has 1 aliphatic rings. The second kappa shape index (κ2) is 5.05. The Morgan fingerprint density at radius 3 is 2.56 bits per heavy atom. The van der Waals surface area contributed by atoms with Gasteiger partial charge in [0.2, 0.25) is 0 Å². The average molecular weight is 240 g/mol. The third-order valence-electron chi connectivity index (χ3n) is 2.89. The zero-order valence-electron chi connectivity index (χ0n) is 10.6. The lowest BCUT2D eigenvalue weighted by molar-refractivity contribution is -0.130. The molecule has 2 rings (SSSR count). The van der Waals surface area contributed by atoms with E-state index in [2.05, 4.69) is 18.7 Å². The number of hydrogen-bond acceptors (Lipinski definition) is 2. The van der Waals surface area contributed by atoms with Crippen LogP contribution in [-0.2, 0) is 4.79 Å². The Morgan fingerprint density at radius 1 is 1.28 bits per heavy atom. The first kappa shape index (κ1) is 12.4. The fourth-order valence-corrected chi connectivity index (χ4v) is 1.90. The van der Waals surface area contributed by atoms with Gasteiger partial charge in [-0.05, 0) is 19.4 Å². The van der Waals surface area contributed by atoms with Gasteiger partial charge < -0.3 is 4.74 Å². The number of hydrogen-bond donors (Lipinski definition) is 0. The lowest BCUT2D eigenvalue weighted by Crippen LogP contribution is -2.11. The average Bonchev–Trinajstić information content (AvgIpc) is 2.85. The van der Waals surface area contributed by atoms with E-state index in [1.807, 2.05) is 37.3 Å². The molecule has 0 radical (unpaired) electrons. The zero-order chi connectivity index (χ0) is 13.1. The molecule has 1 aromatic carbocycles. The smallest absolute Gasteiger partial charge is 0.338 e. The van der Waals surface area contributed by atoms with E-state index in [4.69, 9.17) is 4.74 Å². The van der Waals surface area contributed by atoms with Crippen molar-refractivity contribution in [2.75, 3.05) is 0 Å². The quantitative estimate of drug-likeness (QED) is 0.457. The Labute approximate surface area is 107 Å². The van der Waals surface area contributed by atoms with Crippen molar-refractivity contribution in [2.45, 2.75) is 19.8 Å². The Balaban J connectivity index is 2.38. The summed E-state index contributed by atoms with van der Waals surface area (Å²) in [6, 6.07) is 5.90. The van der Waals surface area contributed by atoms with Crippen LogP contribution in [0.25, 0.3) is 0 Å². The standard InChI is InChI=1S/C16H16O2/c1-11(2)16(17)18-15-12(3)7-6-10-14(15)13-8-4-5-9-13/h4-10,13H,1H2,2-3H3. The summed E-state index contributed by atoms with van der Waals surface area (Å²) in [5.41, 5.74) is 2.37. The second-order valence-electron chi connectivity index (χ2n) is 4.46. The van der Waals surface area contributed by atoms with Crippen LogP contribution in [0, 0.1) is 6.92 Å². The number of carbonyl (C=O) groups excluding carboxylic acids is 1. The van der Waals surface area contributed by atoms with Gasteiger partial charge in [-0.2, -0.15) is 0 Å². The molecule has 18 heavy (non-hydrogen) atoms. The topological polar surface area (TPSA) is 26.3 Å². The molecular formula is C16H16O2. The normalized spacial score (nSPS) is 13.9. The fourth-order valence-electron chi connectivity index (χ4n) is 1.90. The first-order valence-corrected chi connectivity index (χ1v) is 5.92. The van der Waals surface area contributed by atoms with E-state index in [0.717, 1.165) is 11.1 Å². The van der Waals surface area contributed by atoms with Crippen molar-refractivity contribution in [1.29, 1.82) is 0 Å². The Kier molecular flexibility index (Phi) is 3.47. The van der Waals surface area contributed by atoms with Gasteiger partial charge in [-0.25, -0.2) is 4.79 Å². The lowest BCUT2D eigenvalue weighted by Gasteiger charge is -2.15. The molecule has 0 amide bonds. The molecule has 0 saturated carbocycles. The Bertz CT molecular complexity index is 538. The Hall–Kier alpha value is -2.09. The number of rotatable bonds is 3. The van der Waals surface area contributed by atoms with Gasteiger partial charge in [0.1, 0.15) is 5.75 Å². The van der Waals surface area contributed by atoms with E-state index in [0.29, 0.717) is 11.3 Å². The Morgan fingerprint density at radius 2 is 1.94 bits per heavy atom. The van der Waals surface area contributed by atoms with E-state index < -0.39 is 0 Å². The van der Waals surface area contributed by atoms with Crippen molar-refractivity contribution < 1.29 is 9.53 Å². The van der Waals surface area contributed by atoms with Crippen LogP contribution in [0.2, 0.25) is 0 Å². The summed E-state index contributed by atoms with van der Waals surface area (Å²) in [7, 11) is 0. The summed E-state index contributed by atoms with van der Waals surface area (Å²) in [5, 5.41) is 0. The highest BCUT2D eigenvalue weighted by molar-refractivity contribution is 5.89. The van der Waals surface area contributed by atoms with Crippen LogP contribution in [0.15, 0.2) is 54.7 Å².